The van der Waals surface area contributed by atoms with E-state index in [9.17, 15) is 20.0 Å². The molecule has 3 rings (SSSR count). The second kappa shape index (κ2) is 6.77. The van der Waals surface area contributed by atoms with Crippen molar-refractivity contribution >= 4 is 27.2 Å². The molecule has 2 heterocycles. The third-order valence-corrected chi connectivity index (χ3v) is 4.15. The lowest BCUT2D eigenvalue weighted by atomic mass is 10.3. The Morgan fingerprint density at radius 3 is 3.04 bits per heavy atom. The van der Waals surface area contributed by atoms with E-state index in [0.29, 0.717) is 10.2 Å². The van der Waals surface area contributed by atoms with Crippen LogP contribution in [0.2, 0.25) is 0 Å². The largest absolute Gasteiger partial charge is 0.491 e. The normalized spacial score (nSPS) is 12.2. The van der Waals surface area contributed by atoms with E-state index >= 15 is 0 Å². The maximum Gasteiger partial charge on any atom is 0.273 e. The molecule has 0 radical (unpaired) electrons. The van der Waals surface area contributed by atoms with Crippen molar-refractivity contribution in [1.29, 1.82) is 0 Å². The summed E-state index contributed by atoms with van der Waals surface area (Å²) in [4.78, 5) is 27.2. The van der Waals surface area contributed by atoms with Gasteiger partial charge in [0.25, 0.3) is 11.2 Å². The molecule has 0 bridgehead atoms. The Balaban J connectivity index is 1.66. The van der Waals surface area contributed by atoms with Crippen LogP contribution in [0.25, 0.3) is 10.2 Å². The number of hydrogen-bond donors (Lipinski definition) is 1. The number of hydrogen-bond acceptors (Lipinski definition) is 7. The Morgan fingerprint density at radius 1 is 1.42 bits per heavy atom. The summed E-state index contributed by atoms with van der Waals surface area (Å²) in [5, 5.41) is 23.0. The Labute approximate surface area is 139 Å². The third-order valence-electron chi connectivity index (χ3n) is 3.33. The first kappa shape index (κ1) is 16.1. The minimum atomic E-state index is -0.958. The fraction of sp³-hybridized carbons (Fsp3) is 0.200. The van der Waals surface area contributed by atoms with Gasteiger partial charge in [-0.2, -0.15) is 0 Å². The highest BCUT2D eigenvalue weighted by atomic mass is 32.1. The van der Waals surface area contributed by atoms with Gasteiger partial charge < -0.3 is 9.84 Å². The monoisotopic (exact) mass is 347 g/mol. The van der Waals surface area contributed by atoms with E-state index in [1.807, 2.05) is 0 Å². The van der Waals surface area contributed by atoms with Gasteiger partial charge in [0.2, 0.25) is 0 Å². The first-order chi connectivity index (χ1) is 11.5. The minimum Gasteiger partial charge on any atom is -0.491 e. The quantitative estimate of drug-likeness (QED) is 0.538. The third kappa shape index (κ3) is 3.42. The van der Waals surface area contributed by atoms with E-state index in [2.05, 4.69) is 4.98 Å². The number of nitro groups is 1. The smallest absolute Gasteiger partial charge is 0.273 e. The van der Waals surface area contributed by atoms with Crippen LogP contribution in [-0.4, -0.2) is 32.3 Å². The van der Waals surface area contributed by atoms with Crippen molar-refractivity contribution in [3.63, 3.8) is 0 Å². The highest BCUT2D eigenvalue weighted by molar-refractivity contribution is 7.16. The van der Waals surface area contributed by atoms with Crippen molar-refractivity contribution in [2.24, 2.45) is 0 Å². The Morgan fingerprint density at radius 2 is 2.25 bits per heavy atom. The summed E-state index contributed by atoms with van der Waals surface area (Å²) in [5.74, 6) is 0.280. The zero-order chi connectivity index (χ0) is 17.1. The molecule has 1 N–H and O–H groups in total. The van der Waals surface area contributed by atoms with Gasteiger partial charge in [0, 0.05) is 6.07 Å². The van der Waals surface area contributed by atoms with Crippen molar-refractivity contribution in [3.05, 3.63) is 62.5 Å². The standard InChI is InChI=1S/C15H13N3O5S/c19-11(8-23-12-3-1-2-10(6-12)18(21)22)7-17-9-16-14-13(15(17)20)4-5-24-14/h1-6,9,11,19H,7-8H2. The van der Waals surface area contributed by atoms with Crippen molar-refractivity contribution in [3.8, 4) is 5.75 Å². The van der Waals surface area contributed by atoms with Crippen LogP contribution in [0, 0.1) is 10.1 Å². The van der Waals surface area contributed by atoms with Crippen LogP contribution < -0.4 is 10.3 Å². The first-order valence-corrected chi connectivity index (χ1v) is 7.90. The van der Waals surface area contributed by atoms with Crippen LogP contribution in [0.1, 0.15) is 0 Å². The van der Waals surface area contributed by atoms with Crippen LogP contribution in [0.15, 0.2) is 46.8 Å². The van der Waals surface area contributed by atoms with Gasteiger partial charge in [-0.1, -0.05) is 6.07 Å². The summed E-state index contributed by atoms with van der Waals surface area (Å²) in [6.07, 6.45) is 0.428. The van der Waals surface area contributed by atoms with Crippen LogP contribution in [0.5, 0.6) is 5.75 Å². The number of nitrogens with zero attached hydrogens (tertiary/aromatic N) is 3. The van der Waals surface area contributed by atoms with E-state index in [-0.39, 0.29) is 30.1 Å². The average Bonchev–Trinajstić information content (AvgIpc) is 3.05. The zero-order valence-electron chi connectivity index (χ0n) is 12.4. The van der Waals surface area contributed by atoms with Crippen LogP contribution in [0.4, 0.5) is 5.69 Å². The van der Waals surface area contributed by atoms with Crippen molar-refractivity contribution in [1.82, 2.24) is 9.55 Å². The lowest BCUT2D eigenvalue weighted by molar-refractivity contribution is -0.384. The molecule has 2 aromatic heterocycles. The molecule has 0 saturated heterocycles. The molecule has 0 aliphatic heterocycles. The molecule has 0 saturated carbocycles. The van der Waals surface area contributed by atoms with Crippen molar-refractivity contribution < 1.29 is 14.8 Å². The van der Waals surface area contributed by atoms with Crippen LogP contribution in [-0.2, 0) is 6.54 Å². The van der Waals surface area contributed by atoms with Crippen LogP contribution >= 0.6 is 11.3 Å². The molecule has 124 valence electrons. The highest BCUT2D eigenvalue weighted by Crippen LogP contribution is 2.19. The molecule has 0 aliphatic carbocycles. The number of aliphatic hydroxyl groups excluding tert-OH is 1. The highest BCUT2D eigenvalue weighted by Gasteiger charge is 2.12. The topological polar surface area (TPSA) is 107 Å². The molecule has 1 aromatic carbocycles. The maximum absolute atomic E-state index is 12.2. The molecular weight excluding hydrogens is 334 g/mol. The molecule has 0 amide bonds. The number of fused-ring (bicyclic) bond motifs is 1. The average molecular weight is 347 g/mol. The number of aromatic nitrogens is 2. The van der Waals surface area contributed by atoms with Gasteiger partial charge in [0.1, 0.15) is 23.3 Å². The molecule has 24 heavy (non-hydrogen) atoms. The first-order valence-electron chi connectivity index (χ1n) is 7.02. The number of nitro benzene ring substituents is 1. The predicted molar refractivity (Wildman–Crippen MR) is 88.5 cm³/mol. The Kier molecular flexibility index (Phi) is 4.54. The zero-order valence-corrected chi connectivity index (χ0v) is 13.2. The van der Waals surface area contributed by atoms with Crippen LogP contribution in [0.3, 0.4) is 0 Å². The van der Waals surface area contributed by atoms with Gasteiger partial charge in [-0.15, -0.1) is 11.3 Å². The SMILES string of the molecule is O=c1c2ccsc2ncn1CC(O)COc1cccc([N+](=O)[O-])c1. The molecule has 0 fully saturated rings. The van der Waals surface area contributed by atoms with Gasteiger partial charge in [0.05, 0.1) is 29.2 Å². The van der Waals surface area contributed by atoms with Gasteiger partial charge >= 0.3 is 0 Å². The summed E-state index contributed by atoms with van der Waals surface area (Å²) in [6.45, 7) is -0.0815. The summed E-state index contributed by atoms with van der Waals surface area (Å²) in [6, 6.07) is 7.38. The van der Waals surface area contributed by atoms with E-state index in [1.54, 1.807) is 17.5 Å². The van der Waals surface area contributed by atoms with Gasteiger partial charge in [-0.25, -0.2) is 4.98 Å². The minimum absolute atomic E-state index is 0.0204. The van der Waals surface area contributed by atoms with Crippen molar-refractivity contribution in [2.45, 2.75) is 12.6 Å². The van der Waals surface area contributed by atoms with E-state index in [0.717, 1.165) is 0 Å². The van der Waals surface area contributed by atoms with E-state index in [1.165, 1.54) is 40.4 Å². The van der Waals surface area contributed by atoms with Crippen molar-refractivity contribution in [2.75, 3.05) is 6.61 Å². The molecule has 9 heteroatoms. The second-order valence-electron chi connectivity index (χ2n) is 5.06. The molecule has 1 atom stereocenters. The number of ether oxygens (including phenoxy) is 1. The van der Waals surface area contributed by atoms with Gasteiger partial charge in [-0.3, -0.25) is 19.5 Å². The molecular formula is C15H13N3O5S. The summed E-state index contributed by atoms with van der Waals surface area (Å²) in [5.41, 5.74) is -0.319. The second-order valence-corrected chi connectivity index (χ2v) is 5.96. The van der Waals surface area contributed by atoms with E-state index < -0.39 is 11.0 Å². The lowest BCUT2D eigenvalue weighted by Gasteiger charge is -2.13. The van der Waals surface area contributed by atoms with Gasteiger partial charge in [0.15, 0.2) is 0 Å². The maximum atomic E-state index is 12.2. The number of aliphatic hydroxyl groups is 1. The molecule has 0 spiro atoms. The van der Waals surface area contributed by atoms with Gasteiger partial charge in [-0.05, 0) is 17.5 Å². The number of rotatable bonds is 6. The molecule has 0 aliphatic rings. The fourth-order valence-corrected chi connectivity index (χ4v) is 2.91. The Hall–Kier alpha value is -2.78. The lowest BCUT2D eigenvalue weighted by Crippen LogP contribution is -2.30. The predicted octanol–water partition coefficient (Wildman–Crippen LogP) is 1.81. The summed E-state index contributed by atoms with van der Waals surface area (Å²) >= 11 is 1.37. The fourth-order valence-electron chi connectivity index (χ4n) is 2.18. The summed E-state index contributed by atoms with van der Waals surface area (Å²) < 4.78 is 6.67. The number of thiophene rings is 1. The molecule has 8 nitrogen and oxygen atoms in total. The summed E-state index contributed by atoms with van der Waals surface area (Å²) in [7, 11) is 0. The number of benzene rings is 1. The Bertz CT molecular complexity index is 936. The molecule has 1 unspecified atom stereocenters. The number of non-ortho nitro benzene ring substituents is 1. The molecule has 3 aromatic rings. The van der Waals surface area contributed by atoms with E-state index in [4.69, 9.17) is 4.74 Å².